The lowest BCUT2D eigenvalue weighted by Crippen LogP contribution is -2.54. The van der Waals surface area contributed by atoms with E-state index in [1.165, 1.54) is 12.8 Å². The summed E-state index contributed by atoms with van der Waals surface area (Å²) < 4.78 is 0. The van der Waals surface area contributed by atoms with E-state index in [0.717, 1.165) is 38.5 Å². The minimum absolute atomic E-state index is 0.0463. The lowest BCUT2D eigenvalue weighted by Gasteiger charge is -2.29. The first-order valence-corrected chi connectivity index (χ1v) is 7.31. The molecule has 2 amide bonds. The molecular weight excluding hydrogens is 228 g/mol. The first kappa shape index (κ1) is 15.3. The van der Waals surface area contributed by atoms with Crippen LogP contribution >= 0.6 is 0 Å². The van der Waals surface area contributed by atoms with Gasteiger partial charge in [-0.1, -0.05) is 39.0 Å². The van der Waals surface area contributed by atoms with Gasteiger partial charge in [0.1, 0.15) is 0 Å². The van der Waals surface area contributed by atoms with Gasteiger partial charge in [0, 0.05) is 6.04 Å². The van der Waals surface area contributed by atoms with Crippen LogP contribution in [0.1, 0.15) is 65.2 Å². The van der Waals surface area contributed by atoms with Gasteiger partial charge in [0.25, 0.3) is 0 Å². The summed E-state index contributed by atoms with van der Waals surface area (Å²) in [7, 11) is 0. The molecule has 4 heteroatoms. The number of unbranched alkanes of at least 4 members (excludes halogenated alkanes) is 2. The maximum atomic E-state index is 11.9. The first-order chi connectivity index (χ1) is 8.62. The Balaban J connectivity index is 2.27. The van der Waals surface area contributed by atoms with Crippen molar-refractivity contribution in [1.29, 1.82) is 0 Å². The molecule has 106 valence electrons. The molecule has 1 saturated carbocycles. The van der Waals surface area contributed by atoms with E-state index in [1.807, 2.05) is 6.92 Å². The molecule has 0 saturated heterocycles. The van der Waals surface area contributed by atoms with Gasteiger partial charge in [0.15, 0.2) is 0 Å². The van der Waals surface area contributed by atoms with Gasteiger partial charge in [-0.25, -0.2) is 4.79 Å². The second-order valence-electron chi connectivity index (χ2n) is 5.64. The molecule has 1 aliphatic rings. The minimum Gasteiger partial charge on any atom is -0.394 e. The van der Waals surface area contributed by atoms with Gasteiger partial charge in [-0.3, -0.25) is 0 Å². The van der Waals surface area contributed by atoms with Crippen molar-refractivity contribution in [2.75, 3.05) is 6.61 Å². The molecule has 1 aliphatic carbocycles. The molecule has 3 N–H and O–H groups in total. The summed E-state index contributed by atoms with van der Waals surface area (Å²) in [6, 6.07) is 0.0728. The third kappa shape index (κ3) is 4.84. The van der Waals surface area contributed by atoms with Gasteiger partial charge in [-0.05, 0) is 26.2 Å². The second kappa shape index (κ2) is 7.62. The number of rotatable bonds is 7. The summed E-state index contributed by atoms with van der Waals surface area (Å²) in [4.78, 5) is 11.9. The average molecular weight is 256 g/mol. The second-order valence-corrected chi connectivity index (χ2v) is 5.64. The normalized spacial score (nSPS) is 19.5. The molecule has 0 aromatic heterocycles. The van der Waals surface area contributed by atoms with Crippen LogP contribution in [0.15, 0.2) is 0 Å². The summed E-state index contributed by atoms with van der Waals surface area (Å²) in [6.45, 7) is 4.26. The van der Waals surface area contributed by atoms with Crippen LogP contribution in [-0.2, 0) is 0 Å². The van der Waals surface area contributed by atoms with E-state index in [4.69, 9.17) is 0 Å². The van der Waals surface area contributed by atoms with E-state index < -0.39 is 0 Å². The minimum atomic E-state index is -0.368. The van der Waals surface area contributed by atoms with Gasteiger partial charge in [-0.2, -0.15) is 0 Å². The van der Waals surface area contributed by atoms with Crippen LogP contribution in [0.2, 0.25) is 0 Å². The predicted octanol–water partition coefficient (Wildman–Crippen LogP) is 2.56. The maximum Gasteiger partial charge on any atom is 0.315 e. The SMILES string of the molecule is CCCCCC(C)NC(=O)NC1(CO)CCCC1. The fourth-order valence-corrected chi connectivity index (χ4v) is 2.65. The Hall–Kier alpha value is -0.770. The van der Waals surface area contributed by atoms with Gasteiger partial charge in [-0.15, -0.1) is 0 Å². The van der Waals surface area contributed by atoms with E-state index >= 15 is 0 Å². The number of hydrogen-bond donors (Lipinski definition) is 3. The summed E-state index contributed by atoms with van der Waals surface area (Å²) in [5.74, 6) is 0. The number of carbonyl (C=O) groups excluding carboxylic acids is 1. The van der Waals surface area contributed by atoms with Crippen molar-refractivity contribution in [3.63, 3.8) is 0 Å². The van der Waals surface area contributed by atoms with Gasteiger partial charge >= 0.3 is 6.03 Å². The van der Waals surface area contributed by atoms with Crippen molar-refractivity contribution in [3.8, 4) is 0 Å². The molecule has 1 fully saturated rings. The lowest BCUT2D eigenvalue weighted by molar-refractivity contribution is 0.161. The molecule has 1 unspecified atom stereocenters. The van der Waals surface area contributed by atoms with Crippen LogP contribution in [-0.4, -0.2) is 29.3 Å². The van der Waals surface area contributed by atoms with E-state index in [9.17, 15) is 9.90 Å². The maximum absolute atomic E-state index is 11.9. The summed E-state index contributed by atoms with van der Waals surface area (Å²) in [5.41, 5.74) is -0.368. The number of aliphatic hydroxyl groups excluding tert-OH is 1. The van der Waals surface area contributed by atoms with Crippen LogP contribution in [0.4, 0.5) is 4.79 Å². The van der Waals surface area contributed by atoms with Crippen molar-refractivity contribution in [2.24, 2.45) is 0 Å². The quantitative estimate of drug-likeness (QED) is 0.613. The van der Waals surface area contributed by atoms with Crippen LogP contribution in [0.5, 0.6) is 0 Å². The van der Waals surface area contributed by atoms with Gasteiger partial charge in [0.05, 0.1) is 12.1 Å². The standard InChI is InChI=1S/C14H28N2O2/c1-3-4-5-8-12(2)15-13(18)16-14(11-17)9-6-7-10-14/h12,17H,3-11H2,1-2H3,(H2,15,16,18). The molecule has 0 heterocycles. The molecule has 0 aromatic rings. The van der Waals surface area contributed by atoms with E-state index in [2.05, 4.69) is 17.6 Å². The molecule has 0 aromatic carbocycles. The summed E-state index contributed by atoms with van der Waals surface area (Å²) in [6.07, 6.45) is 8.55. The third-order valence-corrected chi connectivity index (χ3v) is 3.86. The van der Waals surface area contributed by atoms with Crippen molar-refractivity contribution in [2.45, 2.75) is 76.8 Å². The predicted molar refractivity (Wildman–Crippen MR) is 73.6 cm³/mol. The Morgan fingerprint density at radius 2 is 2.00 bits per heavy atom. The highest BCUT2D eigenvalue weighted by Crippen LogP contribution is 2.28. The molecule has 1 atom stereocenters. The van der Waals surface area contributed by atoms with Crippen molar-refractivity contribution < 1.29 is 9.90 Å². The van der Waals surface area contributed by atoms with E-state index in [-0.39, 0.29) is 24.2 Å². The molecule has 0 radical (unpaired) electrons. The number of nitrogens with one attached hydrogen (secondary N) is 2. The zero-order valence-electron chi connectivity index (χ0n) is 11.8. The third-order valence-electron chi connectivity index (χ3n) is 3.86. The number of carbonyl (C=O) groups is 1. The van der Waals surface area contributed by atoms with Gasteiger partial charge < -0.3 is 15.7 Å². The molecular formula is C14H28N2O2. The van der Waals surface area contributed by atoms with Crippen LogP contribution in [0.3, 0.4) is 0 Å². The topological polar surface area (TPSA) is 61.4 Å². The highest BCUT2D eigenvalue weighted by Gasteiger charge is 2.34. The largest absolute Gasteiger partial charge is 0.394 e. The first-order valence-electron chi connectivity index (χ1n) is 7.31. The van der Waals surface area contributed by atoms with Crippen LogP contribution in [0, 0.1) is 0 Å². The van der Waals surface area contributed by atoms with E-state index in [0.29, 0.717) is 0 Å². The smallest absolute Gasteiger partial charge is 0.315 e. The van der Waals surface area contributed by atoms with E-state index in [1.54, 1.807) is 0 Å². The van der Waals surface area contributed by atoms with Crippen molar-refractivity contribution in [1.82, 2.24) is 10.6 Å². The molecule has 0 bridgehead atoms. The number of urea groups is 1. The molecule has 4 nitrogen and oxygen atoms in total. The highest BCUT2D eigenvalue weighted by atomic mass is 16.3. The molecule has 18 heavy (non-hydrogen) atoms. The summed E-state index contributed by atoms with van der Waals surface area (Å²) >= 11 is 0. The highest BCUT2D eigenvalue weighted by molar-refractivity contribution is 5.75. The summed E-state index contributed by atoms with van der Waals surface area (Å²) in [5, 5.41) is 15.4. The fourth-order valence-electron chi connectivity index (χ4n) is 2.65. The number of amides is 2. The Bertz CT molecular complexity index is 250. The Morgan fingerprint density at radius 3 is 2.56 bits per heavy atom. The fraction of sp³-hybridized carbons (Fsp3) is 0.929. The Labute approximate surface area is 111 Å². The van der Waals surface area contributed by atoms with Crippen molar-refractivity contribution >= 4 is 6.03 Å². The van der Waals surface area contributed by atoms with Crippen LogP contribution < -0.4 is 10.6 Å². The molecule has 0 spiro atoms. The zero-order valence-corrected chi connectivity index (χ0v) is 11.8. The molecule has 0 aliphatic heterocycles. The Kier molecular flexibility index (Phi) is 6.47. The zero-order chi connectivity index (χ0) is 13.4. The molecule has 1 rings (SSSR count). The monoisotopic (exact) mass is 256 g/mol. The van der Waals surface area contributed by atoms with Crippen molar-refractivity contribution in [3.05, 3.63) is 0 Å². The van der Waals surface area contributed by atoms with Gasteiger partial charge in [0.2, 0.25) is 0 Å². The number of hydrogen-bond acceptors (Lipinski definition) is 2. The Morgan fingerprint density at radius 1 is 1.33 bits per heavy atom. The van der Waals surface area contributed by atoms with Crippen LogP contribution in [0.25, 0.3) is 0 Å². The number of aliphatic hydroxyl groups is 1. The lowest BCUT2D eigenvalue weighted by atomic mass is 9.99. The average Bonchev–Trinajstić information content (AvgIpc) is 2.78.